The summed E-state index contributed by atoms with van der Waals surface area (Å²) in [6, 6.07) is 17.6. The zero-order valence-electron chi connectivity index (χ0n) is 10.7. The van der Waals surface area contributed by atoms with Crippen molar-refractivity contribution < 1.29 is 4.79 Å². The van der Waals surface area contributed by atoms with Crippen LogP contribution in [0.15, 0.2) is 54.6 Å². The zero-order valence-corrected chi connectivity index (χ0v) is 10.7. The fourth-order valence-corrected chi connectivity index (χ4v) is 1.40. The zero-order chi connectivity index (χ0) is 13.2. The molecule has 0 aliphatic carbocycles. The normalized spacial score (nSPS) is 8.78. The maximum Gasteiger partial charge on any atom is 0.211 e. The molecule has 3 heteroatoms. The summed E-state index contributed by atoms with van der Waals surface area (Å²) in [6.45, 7) is 2.08. The summed E-state index contributed by atoms with van der Waals surface area (Å²) in [5.74, 6) is 0. The van der Waals surface area contributed by atoms with E-state index in [0.717, 1.165) is 5.69 Å². The van der Waals surface area contributed by atoms with Crippen LogP contribution in [0.5, 0.6) is 0 Å². The van der Waals surface area contributed by atoms with Crippen LogP contribution in [0.25, 0.3) is 0 Å². The molecule has 0 aliphatic rings. The SMILES string of the molecule is CNc1cccc(C)c1.O=CNc1ccccc1. The molecule has 94 valence electrons. The number of hydrogen-bond donors (Lipinski definition) is 2. The highest BCUT2D eigenvalue weighted by atomic mass is 16.1. The van der Waals surface area contributed by atoms with E-state index in [4.69, 9.17) is 0 Å². The molecule has 0 aromatic heterocycles. The van der Waals surface area contributed by atoms with Gasteiger partial charge in [0.05, 0.1) is 0 Å². The Morgan fingerprint density at radius 2 is 1.61 bits per heavy atom. The number of hydrogen-bond acceptors (Lipinski definition) is 2. The van der Waals surface area contributed by atoms with Crippen LogP contribution >= 0.6 is 0 Å². The lowest BCUT2D eigenvalue weighted by atomic mass is 10.2. The standard InChI is InChI=1S/C8H11N.C7H7NO/c1-7-4-3-5-8(6-7)9-2;9-6-8-7-4-2-1-3-5-7/h3-6,9H,1-2H3;1-6H,(H,8,9). The van der Waals surface area contributed by atoms with Gasteiger partial charge in [0.1, 0.15) is 0 Å². The quantitative estimate of drug-likeness (QED) is 0.811. The molecule has 0 atom stereocenters. The Morgan fingerprint density at radius 1 is 0.944 bits per heavy atom. The smallest absolute Gasteiger partial charge is 0.211 e. The molecule has 0 heterocycles. The molecule has 0 saturated carbocycles. The highest BCUT2D eigenvalue weighted by Crippen LogP contribution is 2.07. The predicted octanol–water partition coefficient (Wildman–Crippen LogP) is 3.29. The lowest BCUT2D eigenvalue weighted by Crippen LogP contribution is -1.91. The fraction of sp³-hybridized carbons (Fsp3) is 0.133. The van der Waals surface area contributed by atoms with Gasteiger partial charge in [0.15, 0.2) is 0 Å². The number of nitrogens with one attached hydrogen (secondary N) is 2. The van der Waals surface area contributed by atoms with Gasteiger partial charge in [-0.2, -0.15) is 0 Å². The minimum Gasteiger partial charge on any atom is -0.388 e. The summed E-state index contributed by atoms with van der Waals surface area (Å²) in [6.07, 6.45) is 0.662. The second-order valence-corrected chi connectivity index (χ2v) is 3.75. The van der Waals surface area contributed by atoms with Gasteiger partial charge in [-0.3, -0.25) is 4.79 Å². The van der Waals surface area contributed by atoms with E-state index in [2.05, 4.69) is 29.7 Å². The molecule has 0 aliphatic heterocycles. The van der Waals surface area contributed by atoms with Crippen molar-refractivity contribution in [2.45, 2.75) is 6.92 Å². The molecular formula is C15H18N2O. The van der Waals surface area contributed by atoms with E-state index >= 15 is 0 Å². The third-order valence-electron chi connectivity index (χ3n) is 2.31. The van der Waals surface area contributed by atoms with Crippen LogP contribution in [-0.2, 0) is 4.79 Å². The Hall–Kier alpha value is -2.29. The lowest BCUT2D eigenvalue weighted by Gasteiger charge is -1.98. The predicted molar refractivity (Wildman–Crippen MR) is 76.9 cm³/mol. The van der Waals surface area contributed by atoms with Crippen LogP contribution in [-0.4, -0.2) is 13.5 Å². The molecule has 0 radical (unpaired) electrons. The lowest BCUT2D eigenvalue weighted by molar-refractivity contribution is -0.105. The maximum atomic E-state index is 9.86. The van der Waals surface area contributed by atoms with Crippen LogP contribution in [0.1, 0.15) is 5.56 Å². The number of rotatable bonds is 3. The van der Waals surface area contributed by atoms with Crippen molar-refractivity contribution in [3.8, 4) is 0 Å². The summed E-state index contributed by atoms with van der Waals surface area (Å²) < 4.78 is 0. The Kier molecular flexibility index (Phi) is 6.04. The number of benzene rings is 2. The molecule has 0 bridgehead atoms. The third-order valence-corrected chi connectivity index (χ3v) is 2.31. The van der Waals surface area contributed by atoms with Gasteiger partial charge in [-0.25, -0.2) is 0 Å². The second-order valence-electron chi connectivity index (χ2n) is 3.75. The van der Waals surface area contributed by atoms with E-state index in [1.807, 2.05) is 49.5 Å². The van der Waals surface area contributed by atoms with Gasteiger partial charge in [-0.1, -0.05) is 30.3 Å². The maximum absolute atomic E-state index is 9.86. The first-order chi connectivity index (χ1) is 8.76. The first kappa shape index (κ1) is 13.8. The highest BCUT2D eigenvalue weighted by molar-refractivity contribution is 5.70. The van der Waals surface area contributed by atoms with E-state index in [9.17, 15) is 4.79 Å². The van der Waals surface area contributed by atoms with Gasteiger partial charge in [0.2, 0.25) is 6.41 Å². The molecule has 1 amide bonds. The topological polar surface area (TPSA) is 41.1 Å². The molecule has 0 saturated heterocycles. The summed E-state index contributed by atoms with van der Waals surface area (Å²) in [5, 5.41) is 5.59. The minimum absolute atomic E-state index is 0.662. The summed E-state index contributed by atoms with van der Waals surface area (Å²) in [7, 11) is 1.93. The van der Waals surface area contributed by atoms with Gasteiger partial charge >= 0.3 is 0 Å². The van der Waals surface area contributed by atoms with Crippen molar-refractivity contribution in [3.05, 3.63) is 60.2 Å². The van der Waals surface area contributed by atoms with Crippen molar-refractivity contribution >= 4 is 17.8 Å². The van der Waals surface area contributed by atoms with Crippen LogP contribution in [0.3, 0.4) is 0 Å². The highest BCUT2D eigenvalue weighted by Gasteiger charge is 1.84. The van der Waals surface area contributed by atoms with Crippen LogP contribution in [0.2, 0.25) is 0 Å². The molecule has 0 unspecified atom stereocenters. The number of carbonyl (C=O) groups excluding carboxylic acids is 1. The van der Waals surface area contributed by atoms with E-state index in [1.165, 1.54) is 11.3 Å². The molecule has 0 spiro atoms. The van der Waals surface area contributed by atoms with Crippen molar-refractivity contribution in [3.63, 3.8) is 0 Å². The van der Waals surface area contributed by atoms with Gasteiger partial charge in [0, 0.05) is 18.4 Å². The molecule has 3 nitrogen and oxygen atoms in total. The Bertz CT molecular complexity index is 469. The van der Waals surface area contributed by atoms with Crippen LogP contribution < -0.4 is 10.6 Å². The van der Waals surface area contributed by atoms with E-state index in [0.29, 0.717) is 6.41 Å². The monoisotopic (exact) mass is 242 g/mol. The van der Waals surface area contributed by atoms with E-state index < -0.39 is 0 Å². The molecule has 2 aromatic carbocycles. The van der Waals surface area contributed by atoms with Crippen molar-refractivity contribution in [2.24, 2.45) is 0 Å². The van der Waals surface area contributed by atoms with Gasteiger partial charge in [0.25, 0.3) is 0 Å². The molecule has 2 aromatic rings. The molecule has 18 heavy (non-hydrogen) atoms. The first-order valence-corrected chi connectivity index (χ1v) is 5.76. The summed E-state index contributed by atoms with van der Waals surface area (Å²) in [4.78, 5) is 9.86. The third kappa shape index (κ3) is 5.16. The largest absolute Gasteiger partial charge is 0.388 e. The summed E-state index contributed by atoms with van der Waals surface area (Å²) in [5.41, 5.74) is 3.30. The molecule has 0 fully saturated rings. The fourth-order valence-electron chi connectivity index (χ4n) is 1.40. The van der Waals surface area contributed by atoms with Crippen molar-refractivity contribution in [1.82, 2.24) is 0 Å². The van der Waals surface area contributed by atoms with Gasteiger partial charge in [-0.05, 0) is 36.8 Å². The van der Waals surface area contributed by atoms with Gasteiger partial charge in [-0.15, -0.1) is 0 Å². The first-order valence-electron chi connectivity index (χ1n) is 5.76. The number of para-hydroxylation sites is 1. The van der Waals surface area contributed by atoms with Crippen LogP contribution in [0.4, 0.5) is 11.4 Å². The Morgan fingerprint density at radius 3 is 2.11 bits per heavy atom. The average molecular weight is 242 g/mol. The number of carbonyl (C=O) groups is 1. The van der Waals surface area contributed by atoms with Crippen molar-refractivity contribution in [1.29, 1.82) is 0 Å². The average Bonchev–Trinajstić information content (AvgIpc) is 2.41. The van der Waals surface area contributed by atoms with Crippen LogP contribution in [0, 0.1) is 6.92 Å². The molecular weight excluding hydrogens is 224 g/mol. The molecule has 2 N–H and O–H groups in total. The Labute approximate surface area is 108 Å². The second kappa shape index (κ2) is 7.90. The number of aryl methyl sites for hydroxylation is 1. The minimum atomic E-state index is 0.662. The summed E-state index contributed by atoms with van der Waals surface area (Å²) >= 11 is 0. The molecule has 2 rings (SSSR count). The van der Waals surface area contributed by atoms with E-state index in [1.54, 1.807) is 0 Å². The van der Waals surface area contributed by atoms with Gasteiger partial charge < -0.3 is 10.6 Å². The Balaban J connectivity index is 0.000000180. The number of amides is 1. The number of anilines is 2. The van der Waals surface area contributed by atoms with Crippen molar-refractivity contribution in [2.75, 3.05) is 17.7 Å². The van der Waals surface area contributed by atoms with E-state index in [-0.39, 0.29) is 0 Å².